The van der Waals surface area contributed by atoms with Crippen LogP contribution in [0.3, 0.4) is 0 Å². The molecule has 1 amide bonds. The number of rotatable bonds is 5. The smallest absolute Gasteiger partial charge is 0.293 e. The van der Waals surface area contributed by atoms with E-state index in [-0.39, 0.29) is 40.1 Å². The van der Waals surface area contributed by atoms with Gasteiger partial charge in [0.2, 0.25) is 5.91 Å². The van der Waals surface area contributed by atoms with E-state index in [0.717, 1.165) is 4.68 Å². The van der Waals surface area contributed by atoms with Gasteiger partial charge in [-0.3, -0.25) is 14.4 Å². The summed E-state index contributed by atoms with van der Waals surface area (Å²) >= 11 is 0. The Bertz CT molecular complexity index is 1760. The van der Waals surface area contributed by atoms with E-state index < -0.39 is 41.5 Å². The Morgan fingerprint density at radius 2 is 1.95 bits per heavy atom. The zero-order chi connectivity index (χ0) is 28.2. The molecule has 5 rings (SSSR count). The highest BCUT2D eigenvalue weighted by atomic mass is 19.1. The molecule has 4 aromatic rings. The number of halogens is 2. The van der Waals surface area contributed by atoms with Crippen molar-refractivity contribution in [2.45, 2.75) is 45.4 Å². The molecule has 12 heteroatoms. The van der Waals surface area contributed by atoms with Crippen molar-refractivity contribution in [1.82, 2.24) is 24.3 Å². The first-order valence-electron chi connectivity index (χ1n) is 12.2. The number of fused-ring (bicyclic) bond motifs is 1. The van der Waals surface area contributed by atoms with E-state index in [9.17, 15) is 23.9 Å². The molecule has 0 spiro atoms. The Hall–Kier alpha value is -4.32. The molecule has 2 atom stereocenters. The fourth-order valence-corrected chi connectivity index (χ4v) is 4.34. The molecule has 2 unspecified atom stereocenters. The summed E-state index contributed by atoms with van der Waals surface area (Å²) in [6, 6.07) is 4.54. The van der Waals surface area contributed by atoms with Gasteiger partial charge >= 0.3 is 0 Å². The van der Waals surface area contributed by atoms with E-state index in [1.807, 2.05) is 20.8 Å². The molecule has 1 saturated carbocycles. The number of anilines is 1. The van der Waals surface area contributed by atoms with Gasteiger partial charge in [0.05, 0.1) is 29.8 Å². The first-order valence-corrected chi connectivity index (χ1v) is 12.2. The highest BCUT2D eigenvalue weighted by Gasteiger charge is 2.44. The Balaban J connectivity index is 1.63. The molecule has 2 N–H and O–H groups in total. The maximum Gasteiger partial charge on any atom is 0.293 e. The lowest BCUT2D eigenvalue weighted by atomic mass is 9.86. The third kappa shape index (κ3) is 4.71. The van der Waals surface area contributed by atoms with Crippen molar-refractivity contribution in [3.05, 3.63) is 74.4 Å². The number of aliphatic hydroxyl groups excluding tert-OH is 1. The summed E-state index contributed by atoms with van der Waals surface area (Å²) in [4.78, 5) is 46.7. The number of carbonyl (C=O) groups excluding carboxylic acids is 1. The van der Waals surface area contributed by atoms with Crippen LogP contribution in [0.1, 0.15) is 38.3 Å². The third-order valence-electron chi connectivity index (χ3n) is 6.74. The monoisotopic (exact) mass is 536 g/mol. The van der Waals surface area contributed by atoms with Gasteiger partial charge in [-0.05, 0) is 35.6 Å². The fraction of sp³-hybridized carbons (Fsp3) is 0.333. The topological polar surface area (TPSA) is 132 Å². The number of hydrogen-bond acceptors (Lipinski definition) is 7. The SMILES string of the molecule is Cn1cc(-c2ccnc(-n3ncc4cc(C(C)(C)C)cc(F)c4c3=O)c2CO)nc(NC(=O)C2CC2F)c1=O. The zero-order valence-electron chi connectivity index (χ0n) is 21.7. The maximum absolute atomic E-state index is 15.2. The van der Waals surface area contributed by atoms with Crippen LogP contribution in [0.25, 0.3) is 27.8 Å². The Morgan fingerprint density at radius 3 is 2.59 bits per heavy atom. The van der Waals surface area contributed by atoms with E-state index in [1.165, 1.54) is 42.3 Å². The summed E-state index contributed by atoms with van der Waals surface area (Å²) < 4.78 is 30.6. The second-order valence-electron chi connectivity index (χ2n) is 10.6. The second-order valence-corrected chi connectivity index (χ2v) is 10.6. The average Bonchev–Trinajstić information content (AvgIpc) is 3.62. The number of hydrogen-bond donors (Lipinski definition) is 2. The molecule has 3 heterocycles. The minimum Gasteiger partial charge on any atom is -0.392 e. The number of aryl methyl sites for hydroxylation is 1. The van der Waals surface area contributed by atoms with Crippen LogP contribution in [-0.2, 0) is 23.9 Å². The molecule has 0 saturated heterocycles. The van der Waals surface area contributed by atoms with Crippen LogP contribution < -0.4 is 16.4 Å². The number of carbonyl (C=O) groups is 1. The number of benzene rings is 1. The first-order chi connectivity index (χ1) is 18.4. The minimum absolute atomic E-state index is 0.0549. The molecule has 1 aliphatic carbocycles. The predicted molar refractivity (Wildman–Crippen MR) is 140 cm³/mol. The van der Waals surface area contributed by atoms with Crippen molar-refractivity contribution in [1.29, 1.82) is 0 Å². The van der Waals surface area contributed by atoms with Gasteiger partial charge in [0, 0.05) is 36.0 Å². The summed E-state index contributed by atoms with van der Waals surface area (Å²) in [5, 5.41) is 17.0. The van der Waals surface area contributed by atoms with E-state index in [0.29, 0.717) is 16.5 Å². The van der Waals surface area contributed by atoms with E-state index in [4.69, 9.17) is 0 Å². The van der Waals surface area contributed by atoms with E-state index in [2.05, 4.69) is 20.4 Å². The molecule has 0 aliphatic heterocycles. The minimum atomic E-state index is -1.25. The lowest BCUT2D eigenvalue weighted by Gasteiger charge is -2.20. The summed E-state index contributed by atoms with van der Waals surface area (Å²) in [6.07, 6.45) is 2.93. The number of aliphatic hydroxyl groups is 1. The van der Waals surface area contributed by atoms with Crippen molar-refractivity contribution in [3.8, 4) is 17.1 Å². The van der Waals surface area contributed by atoms with Gasteiger partial charge < -0.3 is 15.0 Å². The van der Waals surface area contributed by atoms with Gasteiger partial charge in [0.1, 0.15) is 12.0 Å². The van der Waals surface area contributed by atoms with Crippen molar-refractivity contribution < 1.29 is 18.7 Å². The second kappa shape index (κ2) is 9.45. The third-order valence-corrected chi connectivity index (χ3v) is 6.74. The molecule has 0 bridgehead atoms. The van der Waals surface area contributed by atoms with Crippen LogP contribution in [0.4, 0.5) is 14.6 Å². The van der Waals surface area contributed by atoms with Gasteiger partial charge in [-0.25, -0.2) is 18.7 Å². The standard InChI is InChI=1S/C27H26F2N6O4/c1-27(2,3)14-7-13-10-31-35(25(38)21(13)19(29)8-14)23-17(12-36)15(5-6-30-23)20-11-34(4)26(39)22(32-20)33-24(37)16-9-18(16)28/h5-8,10-11,16,18,36H,9,12H2,1-4H3,(H,32,33,37). The number of pyridine rings is 1. The summed E-state index contributed by atoms with van der Waals surface area (Å²) in [5.74, 6) is -2.54. The van der Waals surface area contributed by atoms with Crippen LogP contribution >= 0.6 is 0 Å². The molecular formula is C27H26F2N6O4. The summed E-state index contributed by atoms with van der Waals surface area (Å²) in [7, 11) is 1.45. The number of nitrogens with zero attached hydrogens (tertiary/aromatic N) is 5. The molecule has 3 aromatic heterocycles. The van der Waals surface area contributed by atoms with Gasteiger partial charge in [-0.1, -0.05) is 20.8 Å². The molecular weight excluding hydrogens is 510 g/mol. The van der Waals surface area contributed by atoms with Crippen molar-refractivity contribution in [2.75, 3.05) is 5.32 Å². The summed E-state index contributed by atoms with van der Waals surface area (Å²) in [5.41, 5.74) is -0.431. The van der Waals surface area contributed by atoms with Gasteiger partial charge in [0.15, 0.2) is 11.6 Å². The number of alkyl halides is 1. The first kappa shape index (κ1) is 26.3. The highest BCUT2D eigenvalue weighted by molar-refractivity contribution is 5.94. The maximum atomic E-state index is 15.2. The lowest BCUT2D eigenvalue weighted by molar-refractivity contribution is -0.117. The molecule has 10 nitrogen and oxygen atoms in total. The van der Waals surface area contributed by atoms with Crippen molar-refractivity contribution in [3.63, 3.8) is 0 Å². The van der Waals surface area contributed by atoms with Crippen molar-refractivity contribution >= 4 is 22.5 Å². The Morgan fingerprint density at radius 1 is 1.23 bits per heavy atom. The molecule has 39 heavy (non-hydrogen) atoms. The molecule has 1 fully saturated rings. The van der Waals surface area contributed by atoms with Crippen LogP contribution in [0.2, 0.25) is 0 Å². The van der Waals surface area contributed by atoms with E-state index >= 15 is 4.39 Å². The largest absolute Gasteiger partial charge is 0.392 e. The van der Waals surface area contributed by atoms with Crippen LogP contribution in [-0.4, -0.2) is 41.5 Å². The van der Waals surface area contributed by atoms with Crippen molar-refractivity contribution in [2.24, 2.45) is 13.0 Å². The molecule has 202 valence electrons. The fourth-order valence-electron chi connectivity index (χ4n) is 4.34. The predicted octanol–water partition coefficient (Wildman–Crippen LogP) is 2.77. The molecule has 0 radical (unpaired) electrons. The average molecular weight is 537 g/mol. The van der Waals surface area contributed by atoms with E-state index in [1.54, 1.807) is 6.07 Å². The number of aromatic nitrogens is 5. The van der Waals surface area contributed by atoms with Gasteiger partial charge in [-0.15, -0.1) is 0 Å². The van der Waals surface area contributed by atoms with Crippen LogP contribution in [0, 0.1) is 11.7 Å². The van der Waals surface area contributed by atoms with Crippen LogP contribution in [0.15, 0.2) is 46.4 Å². The lowest BCUT2D eigenvalue weighted by Crippen LogP contribution is -2.27. The molecule has 1 aromatic carbocycles. The Kier molecular flexibility index (Phi) is 6.37. The summed E-state index contributed by atoms with van der Waals surface area (Å²) in [6.45, 7) is 5.19. The van der Waals surface area contributed by atoms with Gasteiger partial charge in [0.25, 0.3) is 11.1 Å². The molecule has 1 aliphatic rings. The number of amides is 1. The quantitative estimate of drug-likeness (QED) is 0.401. The Labute approximate surface area is 221 Å². The van der Waals surface area contributed by atoms with Crippen LogP contribution in [0.5, 0.6) is 0 Å². The number of nitrogens with one attached hydrogen (secondary N) is 1. The normalized spacial score (nSPS) is 16.9. The highest BCUT2D eigenvalue weighted by Crippen LogP contribution is 2.34. The zero-order valence-corrected chi connectivity index (χ0v) is 21.7. The van der Waals surface area contributed by atoms with Gasteiger partial charge in [-0.2, -0.15) is 9.78 Å².